The highest BCUT2D eigenvalue weighted by Gasteiger charge is 2.11. The van der Waals surface area contributed by atoms with Crippen LogP contribution in [0.2, 0.25) is 0 Å². The molecular formula is C13H13NO3. The van der Waals surface area contributed by atoms with Crippen molar-refractivity contribution in [2.24, 2.45) is 0 Å². The van der Waals surface area contributed by atoms with Gasteiger partial charge in [0.05, 0.1) is 12.1 Å². The molecule has 1 atom stereocenters. The number of hydrogen-bond acceptors (Lipinski definition) is 3. The molecule has 0 saturated carbocycles. The largest absolute Gasteiger partial charge is 0.479 e. The molecule has 0 aliphatic rings. The van der Waals surface area contributed by atoms with Gasteiger partial charge in [0.25, 0.3) is 0 Å². The van der Waals surface area contributed by atoms with Crippen molar-refractivity contribution in [1.82, 2.24) is 4.98 Å². The Kier molecular flexibility index (Phi) is 3.35. The zero-order valence-electron chi connectivity index (χ0n) is 9.46. The smallest absolute Gasteiger partial charge is 0.332 e. The van der Waals surface area contributed by atoms with E-state index >= 15 is 0 Å². The van der Waals surface area contributed by atoms with E-state index in [1.807, 2.05) is 30.3 Å². The number of benzene rings is 1. The Morgan fingerprint density at radius 2 is 2.18 bits per heavy atom. The van der Waals surface area contributed by atoms with Crippen LogP contribution in [0.1, 0.15) is 12.5 Å². The average Bonchev–Trinajstić information content (AvgIpc) is 2.35. The summed E-state index contributed by atoms with van der Waals surface area (Å²) < 4.78 is 5.26. The molecule has 17 heavy (non-hydrogen) atoms. The van der Waals surface area contributed by atoms with Crippen molar-refractivity contribution in [3.8, 4) is 0 Å². The number of nitrogens with zero attached hydrogens (tertiary/aromatic N) is 1. The number of carbonyl (C=O) groups is 1. The normalized spacial score (nSPS) is 12.5. The molecule has 4 nitrogen and oxygen atoms in total. The quantitative estimate of drug-likeness (QED) is 0.876. The minimum absolute atomic E-state index is 0.252. The molecule has 0 saturated heterocycles. The third-order valence-electron chi connectivity index (χ3n) is 2.55. The summed E-state index contributed by atoms with van der Waals surface area (Å²) >= 11 is 0. The fourth-order valence-electron chi connectivity index (χ4n) is 1.57. The molecule has 0 unspecified atom stereocenters. The molecule has 1 N–H and O–H groups in total. The molecule has 0 fully saturated rings. The van der Waals surface area contributed by atoms with E-state index in [1.165, 1.54) is 6.92 Å². The Morgan fingerprint density at radius 1 is 1.41 bits per heavy atom. The second-order valence-electron chi connectivity index (χ2n) is 3.78. The van der Waals surface area contributed by atoms with Crippen LogP contribution in [0, 0.1) is 0 Å². The zero-order chi connectivity index (χ0) is 12.3. The van der Waals surface area contributed by atoms with E-state index in [4.69, 9.17) is 9.84 Å². The summed E-state index contributed by atoms with van der Waals surface area (Å²) in [6, 6.07) is 9.60. The number of pyridine rings is 1. The molecule has 0 aliphatic carbocycles. The van der Waals surface area contributed by atoms with E-state index < -0.39 is 12.1 Å². The van der Waals surface area contributed by atoms with Gasteiger partial charge in [-0.25, -0.2) is 4.79 Å². The predicted octanol–water partition coefficient (Wildman–Crippen LogP) is 2.22. The maximum atomic E-state index is 10.6. The lowest BCUT2D eigenvalue weighted by molar-refractivity contribution is -0.149. The second kappa shape index (κ2) is 4.93. The van der Waals surface area contributed by atoms with Gasteiger partial charge in [0.2, 0.25) is 0 Å². The van der Waals surface area contributed by atoms with Crippen LogP contribution in [0.3, 0.4) is 0 Å². The van der Waals surface area contributed by atoms with Crippen LogP contribution in [-0.2, 0) is 16.1 Å². The van der Waals surface area contributed by atoms with Crippen molar-refractivity contribution in [2.45, 2.75) is 19.6 Å². The number of carboxylic acids is 1. The summed E-state index contributed by atoms with van der Waals surface area (Å²) in [6.45, 7) is 1.77. The van der Waals surface area contributed by atoms with Crippen LogP contribution in [0.25, 0.3) is 10.9 Å². The fourth-order valence-corrected chi connectivity index (χ4v) is 1.57. The number of fused-ring (bicyclic) bond motifs is 1. The zero-order valence-corrected chi connectivity index (χ0v) is 9.46. The maximum Gasteiger partial charge on any atom is 0.332 e. The van der Waals surface area contributed by atoms with E-state index in [1.54, 1.807) is 6.20 Å². The van der Waals surface area contributed by atoms with Crippen molar-refractivity contribution in [3.63, 3.8) is 0 Å². The molecular weight excluding hydrogens is 218 g/mol. The number of para-hydroxylation sites is 1. The summed E-state index contributed by atoms with van der Waals surface area (Å²) in [5, 5.41) is 9.76. The molecule has 1 aromatic heterocycles. The summed E-state index contributed by atoms with van der Waals surface area (Å²) in [5.74, 6) is -0.960. The van der Waals surface area contributed by atoms with Crippen LogP contribution in [0.4, 0.5) is 0 Å². The standard InChI is InChI=1S/C13H13NO3/c1-9(13(15)16)17-8-11-5-2-4-10-6-3-7-14-12(10)11/h2-7,9H,8H2,1H3,(H,15,16)/t9-/m0/s1. The molecule has 1 aromatic carbocycles. The molecule has 0 radical (unpaired) electrons. The number of aromatic nitrogens is 1. The van der Waals surface area contributed by atoms with Crippen LogP contribution < -0.4 is 0 Å². The number of hydrogen-bond donors (Lipinski definition) is 1. The number of aliphatic carboxylic acids is 1. The maximum absolute atomic E-state index is 10.6. The van der Waals surface area contributed by atoms with E-state index in [9.17, 15) is 4.79 Å². The minimum atomic E-state index is -0.960. The molecule has 2 rings (SSSR count). The van der Waals surface area contributed by atoms with E-state index in [-0.39, 0.29) is 6.61 Å². The van der Waals surface area contributed by atoms with Crippen LogP contribution in [0.5, 0.6) is 0 Å². The van der Waals surface area contributed by atoms with E-state index in [2.05, 4.69) is 4.98 Å². The van der Waals surface area contributed by atoms with Gasteiger partial charge < -0.3 is 9.84 Å². The van der Waals surface area contributed by atoms with Crippen LogP contribution in [-0.4, -0.2) is 22.2 Å². The van der Waals surface area contributed by atoms with E-state index in [0.29, 0.717) is 0 Å². The monoisotopic (exact) mass is 231 g/mol. The fraction of sp³-hybridized carbons (Fsp3) is 0.231. The Balaban J connectivity index is 2.21. The summed E-state index contributed by atoms with van der Waals surface area (Å²) in [5.41, 5.74) is 1.75. The van der Waals surface area contributed by atoms with Crippen LogP contribution >= 0.6 is 0 Å². The van der Waals surface area contributed by atoms with Crippen molar-refractivity contribution >= 4 is 16.9 Å². The Hall–Kier alpha value is -1.94. The van der Waals surface area contributed by atoms with Gasteiger partial charge in [0, 0.05) is 17.1 Å². The molecule has 2 aromatic rings. The van der Waals surface area contributed by atoms with Gasteiger partial charge in [-0.2, -0.15) is 0 Å². The third kappa shape index (κ3) is 2.60. The average molecular weight is 231 g/mol. The summed E-state index contributed by atoms with van der Waals surface area (Å²) in [4.78, 5) is 14.9. The molecule has 0 bridgehead atoms. The minimum Gasteiger partial charge on any atom is -0.479 e. The van der Waals surface area contributed by atoms with Gasteiger partial charge in [-0.05, 0) is 13.0 Å². The first-order valence-electron chi connectivity index (χ1n) is 5.35. The highest BCUT2D eigenvalue weighted by Crippen LogP contribution is 2.17. The van der Waals surface area contributed by atoms with Gasteiger partial charge in [-0.3, -0.25) is 4.98 Å². The molecule has 0 amide bonds. The highest BCUT2D eigenvalue weighted by atomic mass is 16.5. The first-order valence-corrected chi connectivity index (χ1v) is 5.35. The SMILES string of the molecule is C[C@H](OCc1cccc2cccnc12)C(=O)O. The summed E-state index contributed by atoms with van der Waals surface area (Å²) in [6.07, 6.45) is 0.904. The van der Waals surface area contributed by atoms with Crippen molar-refractivity contribution in [2.75, 3.05) is 0 Å². The number of ether oxygens (including phenoxy) is 1. The first-order chi connectivity index (χ1) is 8.18. The van der Waals surface area contributed by atoms with E-state index in [0.717, 1.165) is 16.5 Å². The van der Waals surface area contributed by atoms with Gasteiger partial charge in [0.15, 0.2) is 6.10 Å². The second-order valence-corrected chi connectivity index (χ2v) is 3.78. The highest BCUT2D eigenvalue weighted by molar-refractivity contribution is 5.81. The Morgan fingerprint density at radius 3 is 2.94 bits per heavy atom. The first kappa shape index (κ1) is 11.5. The molecule has 88 valence electrons. The number of rotatable bonds is 4. The van der Waals surface area contributed by atoms with Crippen LogP contribution in [0.15, 0.2) is 36.5 Å². The van der Waals surface area contributed by atoms with Crippen molar-refractivity contribution in [3.05, 3.63) is 42.1 Å². The van der Waals surface area contributed by atoms with Gasteiger partial charge >= 0.3 is 5.97 Å². The number of carboxylic acid groups (broad SMARTS) is 1. The molecule has 0 aliphatic heterocycles. The predicted molar refractivity (Wildman–Crippen MR) is 63.6 cm³/mol. The van der Waals surface area contributed by atoms with Gasteiger partial charge in [-0.15, -0.1) is 0 Å². The lowest BCUT2D eigenvalue weighted by Crippen LogP contribution is -2.19. The molecule has 1 heterocycles. The van der Waals surface area contributed by atoms with Gasteiger partial charge in [0.1, 0.15) is 0 Å². The Bertz CT molecular complexity index is 534. The third-order valence-corrected chi connectivity index (χ3v) is 2.55. The molecule has 0 spiro atoms. The Labute approximate surface area is 98.9 Å². The summed E-state index contributed by atoms with van der Waals surface area (Å²) in [7, 11) is 0. The van der Waals surface area contributed by atoms with Crippen molar-refractivity contribution in [1.29, 1.82) is 0 Å². The molecule has 4 heteroatoms. The lowest BCUT2D eigenvalue weighted by atomic mass is 10.1. The van der Waals surface area contributed by atoms with Gasteiger partial charge in [-0.1, -0.05) is 24.3 Å². The van der Waals surface area contributed by atoms with Crippen molar-refractivity contribution < 1.29 is 14.6 Å². The lowest BCUT2D eigenvalue weighted by Gasteiger charge is -2.09. The topological polar surface area (TPSA) is 59.4 Å².